The van der Waals surface area contributed by atoms with E-state index in [2.05, 4.69) is 24.2 Å². The minimum absolute atomic E-state index is 0.214. The minimum Gasteiger partial charge on any atom is -0.464 e. The number of carbonyl (C=O) groups excluding carboxylic acids is 1. The number of hydrogen-bond donors (Lipinski definition) is 2. The number of nitrogen functional groups attached to an aromatic ring is 1. The van der Waals surface area contributed by atoms with E-state index in [1.54, 1.807) is 13.0 Å². The molecule has 0 saturated carbocycles. The zero-order valence-electron chi connectivity index (χ0n) is 11.6. The monoisotopic (exact) mass is 267 g/mol. The average molecular weight is 267 g/mol. The highest BCUT2D eigenvalue weighted by Crippen LogP contribution is 2.19. The number of hydrazine groups is 1. The molecule has 2 atom stereocenters. The van der Waals surface area contributed by atoms with Crippen molar-refractivity contribution in [3.63, 3.8) is 0 Å². The van der Waals surface area contributed by atoms with E-state index in [1.165, 1.54) is 0 Å². The Bertz CT molecular complexity index is 448. The first-order valence-electron chi connectivity index (χ1n) is 6.47. The Kier molecular flexibility index (Phi) is 4.24. The third-order valence-electron chi connectivity index (χ3n) is 3.22. The molecule has 0 spiro atoms. The summed E-state index contributed by atoms with van der Waals surface area (Å²) in [6, 6.07) is 1.75. The highest BCUT2D eigenvalue weighted by Gasteiger charge is 2.23. The number of carbonyl (C=O) groups is 1. The van der Waals surface area contributed by atoms with Crippen LogP contribution in [0.15, 0.2) is 10.5 Å². The van der Waals surface area contributed by atoms with Crippen molar-refractivity contribution in [1.29, 1.82) is 0 Å². The van der Waals surface area contributed by atoms with Gasteiger partial charge in [-0.1, -0.05) is 0 Å². The lowest BCUT2D eigenvalue weighted by molar-refractivity contribution is -0.0718. The van der Waals surface area contributed by atoms with Crippen LogP contribution in [-0.4, -0.2) is 36.1 Å². The lowest BCUT2D eigenvalue weighted by Crippen LogP contribution is -2.44. The normalized spacial score (nSPS) is 24.4. The highest BCUT2D eigenvalue weighted by molar-refractivity contribution is 5.94. The molecule has 106 valence electrons. The molecule has 2 heterocycles. The number of hydrogen-bond acceptors (Lipinski definition) is 5. The van der Waals surface area contributed by atoms with Crippen LogP contribution >= 0.6 is 0 Å². The molecule has 6 nitrogen and oxygen atoms in total. The molecule has 1 saturated heterocycles. The third kappa shape index (κ3) is 3.34. The second kappa shape index (κ2) is 5.73. The van der Waals surface area contributed by atoms with Gasteiger partial charge in [0.1, 0.15) is 11.5 Å². The van der Waals surface area contributed by atoms with E-state index >= 15 is 0 Å². The summed E-state index contributed by atoms with van der Waals surface area (Å²) < 4.78 is 11.3. The third-order valence-corrected chi connectivity index (χ3v) is 3.22. The minimum atomic E-state index is -0.323. The van der Waals surface area contributed by atoms with Gasteiger partial charge in [0, 0.05) is 13.1 Å². The molecule has 1 aromatic rings. The van der Waals surface area contributed by atoms with Crippen LogP contribution in [0.5, 0.6) is 0 Å². The summed E-state index contributed by atoms with van der Waals surface area (Å²) >= 11 is 0. The van der Waals surface area contributed by atoms with Crippen molar-refractivity contribution < 1.29 is 13.9 Å². The SMILES string of the molecule is Cc1oc(CN2C[C@@H](C)O[C@@H](C)C2)cc1C(=O)NN. The van der Waals surface area contributed by atoms with E-state index in [0.717, 1.165) is 18.8 Å². The number of rotatable bonds is 3. The van der Waals surface area contributed by atoms with Gasteiger partial charge < -0.3 is 9.15 Å². The smallest absolute Gasteiger partial charge is 0.268 e. The van der Waals surface area contributed by atoms with Crippen molar-refractivity contribution in [2.75, 3.05) is 13.1 Å². The van der Waals surface area contributed by atoms with Gasteiger partial charge in [0.2, 0.25) is 0 Å². The summed E-state index contributed by atoms with van der Waals surface area (Å²) in [6.07, 6.45) is 0.429. The molecular formula is C13H21N3O3. The summed E-state index contributed by atoms with van der Waals surface area (Å²) in [5.74, 6) is 6.18. The fourth-order valence-corrected chi connectivity index (χ4v) is 2.56. The molecule has 0 bridgehead atoms. The van der Waals surface area contributed by atoms with Gasteiger partial charge in [-0.2, -0.15) is 0 Å². The van der Waals surface area contributed by atoms with E-state index < -0.39 is 0 Å². The second-order valence-electron chi connectivity index (χ2n) is 5.11. The molecule has 0 unspecified atom stereocenters. The summed E-state index contributed by atoms with van der Waals surface area (Å²) in [4.78, 5) is 13.8. The molecule has 6 heteroatoms. The van der Waals surface area contributed by atoms with E-state index in [-0.39, 0.29) is 18.1 Å². The predicted octanol–water partition coefficient (Wildman–Crippen LogP) is 0.801. The number of nitrogens with one attached hydrogen (secondary N) is 1. The molecule has 1 aromatic heterocycles. The molecule has 2 rings (SSSR count). The zero-order valence-corrected chi connectivity index (χ0v) is 11.6. The van der Waals surface area contributed by atoms with Crippen molar-refractivity contribution in [2.24, 2.45) is 5.84 Å². The van der Waals surface area contributed by atoms with E-state index in [9.17, 15) is 4.79 Å². The maximum absolute atomic E-state index is 11.5. The highest BCUT2D eigenvalue weighted by atomic mass is 16.5. The molecule has 0 aromatic carbocycles. The van der Waals surface area contributed by atoms with Gasteiger partial charge in [-0.25, -0.2) is 5.84 Å². The predicted molar refractivity (Wildman–Crippen MR) is 70.4 cm³/mol. The number of nitrogens with two attached hydrogens (primary N) is 1. The van der Waals surface area contributed by atoms with Crippen molar-refractivity contribution in [2.45, 2.75) is 39.5 Å². The molecule has 1 fully saturated rings. The Hall–Kier alpha value is -1.37. The molecule has 0 aliphatic carbocycles. The Balaban J connectivity index is 2.05. The number of morpholine rings is 1. The van der Waals surface area contributed by atoms with Gasteiger partial charge >= 0.3 is 0 Å². The van der Waals surface area contributed by atoms with Crippen LogP contribution in [0, 0.1) is 6.92 Å². The average Bonchev–Trinajstić information content (AvgIpc) is 2.68. The van der Waals surface area contributed by atoms with Crippen molar-refractivity contribution >= 4 is 5.91 Å². The van der Waals surface area contributed by atoms with Crippen LogP contribution in [-0.2, 0) is 11.3 Å². The number of nitrogens with zero attached hydrogens (tertiary/aromatic N) is 1. The molecule has 0 radical (unpaired) electrons. The van der Waals surface area contributed by atoms with Gasteiger partial charge in [0.05, 0.1) is 24.3 Å². The van der Waals surface area contributed by atoms with Crippen molar-refractivity contribution in [3.8, 4) is 0 Å². The Morgan fingerprint density at radius 1 is 1.47 bits per heavy atom. The van der Waals surface area contributed by atoms with Crippen LogP contribution in [0.3, 0.4) is 0 Å². The summed E-state index contributed by atoms with van der Waals surface area (Å²) in [7, 11) is 0. The van der Waals surface area contributed by atoms with Crippen molar-refractivity contribution in [3.05, 3.63) is 23.2 Å². The van der Waals surface area contributed by atoms with E-state index in [1.807, 2.05) is 0 Å². The zero-order chi connectivity index (χ0) is 14.0. The molecule has 1 amide bonds. The van der Waals surface area contributed by atoms with E-state index in [0.29, 0.717) is 17.9 Å². The van der Waals surface area contributed by atoms with Crippen LogP contribution in [0.1, 0.15) is 35.7 Å². The number of ether oxygens (including phenoxy) is 1. The Morgan fingerprint density at radius 2 is 2.11 bits per heavy atom. The number of amides is 1. The molecule has 19 heavy (non-hydrogen) atoms. The van der Waals surface area contributed by atoms with Gasteiger partial charge in [0.25, 0.3) is 5.91 Å². The second-order valence-corrected chi connectivity index (χ2v) is 5.11. The fraction of sp³-hybridized carbons (Fsp3) is 0.615. The van der Waals surface area contributed by atoms with Crippen molar-refractivity contribution in [1.82, 2.24) is 10.3 Å². The largest absolute Gasteiger partial charge is 0.464 e. The quantitative estimate of drug-likeness (QED) is 0.481. The molecule has 1 aliphatic heterocycles. The van der Waals surface area contributed by atoms with Crippen LogP contribution in [0.25, 0.3) is 0 Å². The molecule has 3 N–H and O–H groups in total. The maximum atomic E-state index is 11.5. The van der Waals surface area contributed by atoms with Gasteiger partial charge in [0.15, 0.2) is 0 Å². The first-order chi connectivity index (χ1) is 8.99. The Labute approximate surface area is 112 Å². The molecule has 1 aliphatic rings. The summed E-state index contributed by atoms with van der Waals surface area (Å²) in [5.41, 5.74) is 2.61. The van der Waals surface area contributed by atoms with Crippen LogP contribution < -0.4 is 11.3 Å². The summed E-state index contributed by atoms with van der Waals surface area (Å²) in [5, 5.41) is 0. The first kappa shape index (κ1) is 14.0. The lowest BCUT2D eigenvalue weighted by atomic mass is 10.2. The van der Waals surface area contributed by atoms with E-state index in [4.69, 9.17) is 15.0 Å². The number of furan rings is 1. The maximum Gasteiger partial charge on any atom is 0.268 e. The van der Waals surface area contributed by atoms with Gasteiger partial charge in [-0.3, -0.25) is 15.1 Å². The topological polar surface area (TPSA) is 80.7 Å². The first-order valence-corrected chi connectivity index (χ1v) is 6.47. The van der Waals surface area contributed by atoms with Gasteiger partial charge in [-0.05, 0) is 26.8 Å². The lowest BCUT2D eigenvalue weighted by Gasteiger charge is -2.34. The van der Waals surface area contributed by atoms with Gasteiger partial charge in [-0.15, -0.1) is 0 Å². The molecular weight excluding hydrogens is 246 g/mol. The van der Waals surface area contributed by atoms with Crippen LogP contribution in [0.2, 0.25) is 0 Å². The number of aryl methyl sites for hydroxylation is 1. The van der Waals surface area contributed by atoms with Crippen LogP contribution in [0.4, 0.5) is 0 Å². The summed E-state index contributed by atoms with van der Waals surface area (Å²) in [6.45, 7) is 8.28. The Morgan fingerprint density at radius 3 is 2.68 bits per heavy atom. The standard InChI is InChI=1S/C13H21N3O3/c1-8-5-16(6-9(2)18-8)7-11-4-12(10(3)19-11)13(17)15-14/h4,8-9H,5-7,14H2,1-3H3,(H,15,17)/t8-,9+. The fourth-order valence-electron chi connectivity index (χ4n) is 2.56.